The minimum Gasteiger partial charge on any atom is -0.397 e. The van der Waals surface area contributed by atoms with Crippen LogP contribution in [-0.4, -0.2) is 4.98 Å². The molecule has 1 aromatic heterocycles. The normalized spacial score (nSPS) is 10.3. The van der Waals surface area contributed by atoms with Crippen molar-refractivity contribution >= 4 is 67.3 Å². The molecule has 0 bridgehead atoms. The molecule has 2 aromatic rings. The van der Waals surface area contributed by atoms with Crippen molar-refractivity contribution in [3.05, 3.63) is 43.5 Å². The zero-order valence-electron chi connectivity index (χ0n) is 8.55. The number of aromatic nitrogens is 1. The van der Waals surface area contributed by atoms with E-state index in [0.717, 1.165) is 13.7 Å². The zero-order chi connectivity index (χ0) is 12.4. The summed E-state index contributed by atoms with van der Waals surface area (Å²) in [5.41, 5.74) is 7.04. The van der Waals surface area contributed by atoms with Crippen LogP contribution in [0.1, 0.15) is 0 Å². The summed E-state index contributed by atoms with van der Waals surface area (Å²) in [6.07, 6.45) is 1.56. The largest absolute Gasteiger partial charge is 0.397 e. The Labute approximate surface area is 126 Å². The van der Waals surface area contributed by atoms with Gasteiger partial charge < -0.3 is 11.1 Å². The number of nitrogens with one attached hydrogen (secondary N) is 1. The average molecular weight is 424 g/mol. The first kappa shape index (κ1) is 12.9. The Kier molecular flexibility index (Phi) is 4.11. The van der Waals surface area contributed by atoms with Gasteiger partial charge in [0.05, 0.1) is 22.6 Å². The second-order valence-electron chi connectivity index (χ2n) is 3.35. The highest BCUT2D eigenvalue weighted by atomic mass is 127. The smallest absolute Gasteiger partial charge is 0.149 e. The molecular weight excluding hydrogens is 416 g/mol. The van der Waals surface area contributed by atoms with Gasteiger partial charge in [0, 0.05) is 8.04 Å². The van der Waals surface area contributed by atoms with Crippen molar-refractivity contribution in [2.24, 2.45) is 0 Å². The van der Waals surface area contributed by atoms with Crippen LogP contribution in [0, 0.1) is 3.57 Å². The van der Waals surface area contributed by atoms with Crippen molar-refractivity contribution < 1.29 is 0 Å². The lowest BCUT2D eigenvalue weighted by Gasteiger charge is -2.09. The van der Waals surface area contributed by atoms with Crippen LogP contribution in [-0.2, 0) is 0 Å². The standard InChI is InChI=1S/C11H8BrClIN3/c12-8-3-6(14)1-2-10(8)17-11-9(13)4-7(15)5-16-11/h1-5H,15H2,(H,16,17). The lowest BCUT2D eigenvalue weighted by Crippen LogP contribution is -1.97. The molecule has 88 valence electrons. The third-order valence-corrected chi connectivity index (χ3v) is 3.66. The Bertz CT molecular complexity index is 513. The Morgan fingerprint density at radius 1 is 1.35 bits per heavy atom. The molecule has 0 fully saturated rings. The topological polar surface area (TPSA) is 50.9 Å². The van der Waals surface area contributed by atoms with E-state index in [4.69, 9.17) is 17.3 Å². The number of hydrogen-bond acceptors (Lipinski definition) is 3. The van der Waals surface area contributed by atoms with E-state index in [0.29, 0.717) is 16.5 Å². The van der Waals surface area contributed by atoms with Gasteiger partial charge in [0.25, 0.3) is 0 Å². The SMILES string of the molecule is Nc1cnc(Nc2ccc(I)cc2Br)c(Cl)c1. The molecule has 0 saturated heterocycles. The Balaban J connectivity index is 2.31. The molecule has 1 heterocycles. The molecule has 0 aliphatic carbocycles. The molecule has 0 atom stereocenters. The Morgan fingerprint density at radius 3 is 2.76 bits per heavy atom. The fourth-order valence-corrected chi connectivity index (χ4v) is 2.88. The van der Waals surface area contributed by atoms with Gasteiger partial charge in [-0.1, -0.05) is 11.6 Å². The van der Waals surface area contributed by atoms with Crippen LogP contribution in [0.2, 0.25) is 5.02 Å². The lowest BCUT2D eigenvalue weighted by molar-refractivity contribution is 1.31. The molecule has 0 aliphatic heterocycles. The first-order valence-corrected chi connectivity index (χ1v) is 6.94. The van der Waals surface area contributed by atoms with Gasteiger partial charge in [0.2, 0.25) is 0 Å². The highest BCUT2D eigenvalue weighted by Crippen LogP contribution is 2.30. The van der Waals surface area contributed by atoms with E-state index in [-0.39, 0.29) is 0 Å². The summed E-state index contributed by atoms with van der Waals surface area (Å²) >= 11 is 11.8. The number of halogens is 3. The molecule has 0 saturated carbocycles. The average Bonchev–Trinajstić information content (AvgIpc) is 2.25. The summed E-state index contributed by atoms with van der Waals surface area (Å²) in [5, 5.41) is 3.64. The van der Waals surface area contributed by atoms with Gasteiger partial charge in [-0.3, -0.25) is 0 Å². The van der Waals surface area contributed by atoms with Gasteiger partial charge in [0.15, 0.2) is 0 Å². The van der Waals surface area contributed by atoms with Gasteiger partial charge in [0.1, 0.15) is 5.82 Å². The van der Waals surface area contributed by atoms with Crippen molar-refractivity contribution in [1.29, 1.82) is 0 Å². The number of nitrogens with zero attached hydrogens (tertiary/aromatic N) is 1. The number of nitrogen functional groups attached to an aromatic ring is 1. The molecule has 0 aliphatic rings. The number of pyridine rings is 1. The van der Waals surface area contributed by atoms with Crippen LogP contribution >= 0.6 is 50.1 Å². The van der Waals surface area contributed by atoms with Gasteiger partial charge >= 0.3 is 0 Å². The van der Waals surface area contributed by atoms with Crippen LogP contribution in [0.5, 0.6) is 0 Å². The highest BCUT2D eigenvalue weighted by molar-refractivity contribution is 14.1. The molecule has 0 radical (unpaired) electrons. The highest BCUT2D eigenvalue weighted by Gasteiger charge is 2.05. The Hall–Kier alpha value is -0.530. The van der Waals surface area contributed by atoms with Gasteiger partial charge in [-0.15, -0.1) is 0 Å². The monoisotopic (exact) mass is 423 g/mol. The van der Waals surface area contributed by atoms with E-state index in [9.17, 15) is 0 Å². The molecule has 2 rings (SSSR count). The summed E-state index contributed by atoms with van der Waals surface area (Å²) in [4.78, 5) is 4.15. The molecular formula is C11H8BrClIN3. The maximum absolute atomic E-state index is 6.04. The lowest BCUT2D eigenvalue weighted by atomic mass is 10.3. The summed E-state index contributed by atoms with van der Waals surface area (Å²) in [5.74, 6) is 0.586. The quantitative estimate of drug-likeness (QED) is 0.702. The third kappa shape index (κ3) is 3.23. The van der Waals surface area contributed by atoms with Crippen molar-refractivity contribution in [3.63, 3.8) is 0 Å². The van der Waals surface area contributed by atoms with Gasteiger partial charge in [-0.25, -0.2) is 4.98 Å². The first-order valence-electron chi connectivity index (χ1n) is 4.69. The molecule has 0 unspecified atom stereocenters. The molecule has 6 heteroatoms. The van der Waals surface area contributed by atoms with Gasteiger partial charge in [-0.05, 0) is 62.8 Å². The predicted octanol–water partition coefficient (Wildman–Crippen LogP) is 4.43. The number of anilines is 3. The van der Waals surface area contributed by atoms with E-state index in [1.165, 1.54) is 0 Å². The van der Waals surface area contributed by atoms with Crippen LogP contribution in [0.4, 0.5) is 17.2 Å². The Morgan fingerprint density at radius 2 is 2.12 bits per heavy atom. The van der Waals surface area contributed by atoms with Crippen molar-refractivity contribution in [3.8, 4) is 0 Å². The molecule has 3 N–H and O–H groups in total. The summed E-state index contributed by atoms with van der Waals surface area (Å²) in [6.45, 7) is 0. The maximum atomic E-state index is 6.04. The fourth-order valence-electron chi connectivity index (χ4n) is 1.26. The molecule has 0 spiro atoms. The second kappa shape index (κ2) is 5.41. The summed E-state index contributed by atoms with van der Waals surface area (Å²) in [7, 11) is 0. The van der Waals surface area contributed by atoms with E-state index in [1.54, 1.807) is 12.3 Å². The fraction of sp³-hybridized carbons (Fsp3) is 0. The van der Waals surface area contributed by atoms with Gasteiger partial charge in [-0.2, -0.15) is 0 Å². The van der Waals surface area contributed by atoms with Crippen molar-refractivity contribution in [2.75, 3.05) is 11.1 Å². The third-order valence-electron chi connectivity index (χ3n) is 2.05. The van der Waals surface area contributed by atoms with E-state index in [1.807, 2.05) is 18.2 Å². The van der Waals surface area contributed by atoms with E-state index in [2.05, 4.69) is 48.8 Å². The minimum atomic E-state index is 0.496. The molecule has 3 nitrogen and oxygen atoms in total. The zero-order valence-corrected chi connectivity index (χ0v) is 13.0. The molecule has 17 heavy (non-hydrogen) atoms. The van der Waals surface area contributed by atoms with Crippen LogP contribution in [0.3, 0.4) is 0 Å². The number of rotatable bonds is 2. The number of hydrogen-bond donors (Lipinski definition) is 2. The van der Waals surface area contributed by atoms with Crippen molar-refractivity contribution in [2.45, 2.75) is 0 Å². The summed E-state index contributed by atoms with van der Waals surface area (Å²) in [6, 6.07) is 7.63. The number of benzene rings is 1. The van der Waals surface area contributed by atoms with Crippen LogP contribution < -0.4 is 11.1 Å². The first-order chi connectivity index (χ1) is 8.06. The number of nitrogens with two attached hydrogens (primary N) is 1. The summed E-state index contributed by atoms with van der Waals surface area (Å²) < 4.78 is 2.11. The second-order valence-corrected chi connectivity index (χ2v) is 5.86. The van der Waals surface area contributed by atoms with E-state index >= 15 is 0 Å². The van der Waals surface area contributed by atoms with E-state index < -0.39 is 0 Å². The molecule has 0 amide bonds. The maximum Gasteiger partial charge on any atom is 0.149 e. The minimum absolute atomic E-state index is 0.496. The molecule has 1 aromatic carbocycles. The van der Waals surface area contributed by atoms with Crippen molar-refractivity contribution in [1.82, 2.24) is 4.98 Å². The van der Waals surface area contributed by atoms with Crippen LogP contribution in [0.15, 0.2) is 34.9 Å². The van der Waals surface area contributed by atoms with Crippen LogP contribution in [0.25, 0.3) is 0 Å². The predicted molar refractivity (Wildman–Crippen MR) is 83.8 cm³/mol.